The molecule has 0 aliphatic carbocycles. The molecular formula is C10H18Br2O. The predicted molar refractivity (Wildman–Crippen MR) is 64.6 cm³/mol. The summed E-state index contributed by atoms with van der Waals surface area (Å²) in [5, 5.41) is 0. The lowest BCUT2D eigenvalue weighted by atomic mass is 9.97. The van der Waals surface area contributed by atoms with Gasteiger partial charge in [0.15, 0.2) is 0 Å². The molecule has 0 aromatic rings. The van der Waals surface area contributed by atoms with Gasteiger partial charge in [-0.15, -0.1) is 0 Å². The summed E-state index contributed by atoms with van der Waals surface area (Å²) in [4.78, 5) is 11.3. The third-order valence-electron chi connectivity index (χ3n) is 2.21. The number of hydrogen-bond acceptors (Lipinski definition) is 1. The van der Waals surface area contributed by atoms with Crippen LogP contribution >= 0.6 is 31.9 Å². The minimum Gasteiger partial charge on any atom is -0.285 e. The van der Waals surface area contributed by atoms with Crippen molar-refractivity contribution in [1.82, 2.24) is 0 Å². The Hall–Kier alpha value is 0.630. The number of unbranched alkanes of at least 4 members (excludes halogenated alkanes) is 2. The lowest BCUT2D eigenvalue weighted by Gasteiger charge is -2.22. The second-order valence-corrected chi connectivity index (χ2v) is 5.68. The van der Waals surface area contributed by atoms with Crippen molar-refractivity contribution in [2.24, 2.45) is 0 Å². The van der Waals surface area contributed by atoms with E-state index in [1.54, 1.807) is 0 Å². The van der Waals surface area contributed by atoms with E-state index in [4.69, 9.17) is 0 Å². The normalized spacial score (nSPS) is 11.7. The van der Waals surface area contributed by atoms with E-state index in [9.17, 15) is 4.79 Å². The number of carbonyl (C=O) groups is 1. The number of halogens is 2. The Labute approximate surface area is 97.9 Å². The fourth-order valence-corrected chi connectivity index (χ4v) is 2.19. The fourth-order valence-electron chi connectivity index (χ4n) is 1.24. The van der Waals surface area contributed by atoms with Gasteiger partial charge in [-0.1, -0.05) is 55.5 Å². The molecule has 0 aliphatic heterocycles. The van der Waals surface area contributed by atoms with E-state index in [1.165, 1.54) is 0 Å². The van der Waals surface area contributed by atoms with E-state index >= 15 is 0 Å². The Balaban J connectivity index is 4.08. The second kappa shape index (κ2) is 6.99. The van der Waals surface area contributed by atoms with Crippen LogP contribution < -0.4 is 0 Å². The highest BCUT2D eigenvalue weighted by molar-refractivity contribution is 9.20. The van der Waals surface area contributed by atoms with Gasteiger partial charge in [-0.3, -0.25) is 4.79 Å². The molecule has 0 fully saturated rings. The molecule has 78 valence electrons. The molecule has 0 unspecified atom stereocenters. The van der Waals surface area contributed by atoms with Crippen LogP contribution in [-0.4, -0.2) is 9.02 Å². The molecule has 3 heteroatoms. The third kappa shape index (κ3) is 5.16. The van der Waals surface area contributed by atoms with Crippen LogP contribution in [0.25, 0.3) is 0 Å². The molecule has 0 radical (unpaired) electrons. The average Bonchev–Trinajstić information content (AvgIpc) is 2.11. The van der Waals surface area contributed by atoms with E-state index in [1.807, 2.05) is 0 Å². The molecule has 0 aromatic carbocycles. The minimum absolute atomic E-state index is 0.0990. The smallest absolute Gasteiger partial charge is 0.214 e. The number of alkyl halides is 1. The first-order valence-corrected chi connectivity index (χ1v) is 6.54. The highest BCUT2D eigenvalue weighted by Gasteiger charge is 2.31. The Morgan fingerprint density at radius 1 is 1.15 bits per heavy atom. The van der Waals surface area contributed by atoms with Crippen LogP contribution in [0.15, 0.2) is 0 Å². The topological polar surface area (TPSA) is 17.1 Å². The molecule has 0 atom stereocenters. The zero-order valence-electron chi connectivity index (χ0n) is 8.41. The van der Waals surface area contributed by atoms with E-state index in [0.29, 0.717) is 0 Å². The van der Waals surface area contributed by atoms with Crippen LogP contribution in [0.5, 0.6) is 0 Å². The van der Waals surface area contributed by atoms with Crippen LogP contribution in [0, 0.1) is 0 Å². The molecule has 0 aliphatic rings. The predicted octanol–water partition coefficient (Wildman–Crippen LogP) is 4.42. The van der Waals surface area contributed by atoms with Gasteiger partial charge in [0, 0.05) is 0 Å². The summed E-state index contributed by atoms with van der Waals surface area (Å²) in [6, 6.07) is 0. The first-order chi connectivity index (χ1) is 6.06. The second-order valence-electron chi connectivity index (χ2n) is 3.45. The molecular weight excluding hydrogens is 296 g/mol. The maximum absolute atomic E-state index is 11.3. The van der Waals surface area contributed by atoms with E-state index < -0.39 is 0 Å². The van der Waals surface area contributed by atoms with Crippen LogP contribution in [0.3, 0.4) is 0 Å². The van der Waals surface area contributed by atoms with E-state index in [0.717, 1.165) is 38.5 Å². The van der Waals surface area contributed by atoms with Crippen molar-refractivity contribution >= 4 is 36.6 Å². The van der Waals surface area contributed by atoms with E-state index in [-0.39, 0.29) is 9.02 Å². The highest BCUT2D eigenvalue weighted by Crippen LogP contribution is 2.33. The molecule has 0 saturated carbocycles. The van der Waals surface area contributed by atoms with Gasteiger partial charge >= 0.3 is 0 Å². The van der Waals surface area contributed by atoms with Gasteiger partial charge < -0.3 is 0 Å². The molecule has 13 heavy (non-hydrogen) atoms. The Bertz CT molecular complexity index is 149. The van der Waals surface area contributed by atoms with Crippen molar-refractivity contribution in [2.75, 3.05) is 0 Å². The summed E-state index contributed by atoms with van der Waals surface area (Å²) in [6.45, 7) is 4.29. The van der Waals surface area contributed by atoms with Crippen molar-refractivity contribution in [2.45, 2.75) is 56.7 Å². The largest absolute Gasteiger partial charge is 0.285 e. The Morgan fingerprint density at radius 2 is 1.54 bits per heavy atom. The summed E-state index contributed by atoms with van der Waals surface area (Å²) in [5.74, 6) is 0. The fraction of sp³-hybridized carbons (Fsp3) is 0.900. The SMILES string of the molecule is CCCCC(Br)(CCCC)C(=O)Br. The number of rotatable bonds is 7. The molecule has 0 rings (SSSR count). The van der Waals surface area contributed by atoms with Gasteiger partial charge in [0.25, 0.3) is 0 Å². The lowest BCUT2D eigenvalue weighted by Crippen LogP contribution is -2.27. The first-order valence-electron chi connectivity index (χ1n) is 4.95. The monoisotopic (exact) mass is 312 g/mol. The lowest BCUT2D eigenvalue weighted by molar-refractivity contribution is -0.112. The van der Waals surface area contributed by atoms with Gasteiger partial charge in [-0.05, 0) is 28.8 Å². The standard InChI is InChI=1S/C10H18Br2O/c1-3-5-7-10(12,9(11)13)8-6-4-2/h3-8H2,1-2H3. The van der Waals surface area contributed by atoms with Crippen molar-refractivity contribution in [3.05, 3.63) is 0 Å². The molecule has 0 N–H and O–H groups in total. The van der Waals surface area contributed by atoms with Gasteiger partial charge in [0.05, 0.1) is 4.32 Å². The van der Waals surface area contributed by atoms with Crippen LogP contribution in [0.4, 0.5) is 0 Å². The molecule has 0 heterocycles. The molecule has 0 spiro atoms. The summed E-state index contributed by atoms with van der Waals surface area (Å²) >= 11 is 6.63. The summed E-state index contributed by atoms with van der Waals surface area (Å²) < 4.78 is -0.208. The summed E-state index contributed by atoms with van der Waals surface area (Å²) in [6.07, 6.45) is 6.36. The minimum atomic E-state index is -0.307. The van der Waals surface area contributed by atoms with Gasteiger partial charge in [0.2, 0.25) is 4.69 Å². The van der Waals surface area contributed by atoms with E-state index in [2.05, 4.69) is 45.7 Å². The summed E-state index contributed by atoms with van der Waals surface area (Å²) in [7, 11) is 0. The van der Waals surface area contributed by atoms with Crippen LogP contribution in [0.1, 0.15) is 52.4 Å². The average molecular weight is 314 g/mol. The highest BCUT2D eigenvalue weighted by atomic mass is 79.9. The molecule has 0 amide bonds. The number of hydrogen-bond donors (Lipinski definition) is 0. The van der Waals surface area contributed by atoms with Gasteiger partial charge in [-0.2, -0.15) is 0 Å². The summed E-state index contributed by atoms with van der Waals surface area (Å²) in [5.41, 5.74) is 0. The Morgan fingerprint density at radius 3 is 1.77 bits per heavy atom. The van der Waals surface area contributed by atoms with Gasteiger partial charge in [-0.25, -0.2) is 0 Å². The Kier molecular flexibility index (Phi) is 7.33. The quantitative estimate of drug-likeness (QED) is 0.502. The third-order valence-corrected chi connectivity index (χ3v) is 4.65. The first kappa shape index (κ1) is 13.6. The van der Waals surface area contributed by atoms with Crippen LogP contribution in [0.2, 0.25) is 0 Å². The van der Waals surface area contributed by atoms with Crippen molar-refractivity contribution in [3.8, 4) is 0 Å². The molecule has 0 saturated heterocycles. The van der Waals surface area contributed by atoms with Gasteiger partial charge in [0.1, 0.15) is 0 Å². The maximum atomic E-state index is 11.3. The molecule has 0 bridgehead atoms. The zero-order valence-corrected chi connectivity index (χ0v) is 11.6. The molecule has 1 nitrogen and oxygen atoms in total. The number of carbonyl (C=O) groups excluding carboxylic acids is 1. The van der Waals surface area contributed by atoms with Crippen molar-refractivity contribution < 1.29 is 4.79 Å². The zero-order chi connectivity index (χ0) is 10.3. The van der Waals surface area contributed by atoms with Crippen LogP contribution in [-0.2, 0) is 4.79 Å². The molecule has 0 aromatic heterocycles. The van der Waals surface area contributed by atoms with Crippen molar-refractivity contribution in [3.63, 3.8) is 0 Å². The maximum Gasteiger partial charge on any atom is 0.214 e. The van der Waals surface area contributed by atoms with Crippen molar-refractivity contribution in [1.29, 1.82) is 0 Å².